The highest BCUT2D eigenvalue weighted by molar-refractivity contribution is 6.34. The van der Waals surface area contributed by atoms with Gasteiger partial charge in [-0.25, -0.2) is 0 Å². The van der Waals surface area contributed by atoms with E-state index in [1.54, 1.807) is 42.5 Å². The minimum Gasteiger partial charge on any atom is -0.490 e. The molecule has 0 fully saturated rings. The monoisotopic (exact) mass is 345 g/mol. The highest BCUT2D eigenvalue weighted by Crippen LogP contribution is 2.38. The van der Waals surface area contributed by atoms with Crippen molar-refractivity contribution in [1.82, 2.24) is 0 Å². The number of carbonyl (C=O) groups is 1. The van der Waals surface area contributed by atoms with Crippen LogP contribution in [0.2, 0.25) is 5.02 Å². The molecule has 0 aromatic heterocycles. The standard InChI is InChI=1S/C18H16ClNO4/c1-2-7-22-13-5-3-12(4-6-13)18(21)20-15-11-17-16(10-14(15)19)23-8-9-24-17/h2-6,10-11H,1,7-9H2,(H,20,21). The quantitative estimate of drug-likeness (QED) is 0.834. The molecule has 3 rings (SSSR count). The van der Waals surface area contributed by atoms with Crippen LogP contribution < -0.4 is 19.5 Å². The van der Waals surface area contributed by atoms with Gasteiger partial charge in [-0.1, -0.05) is 24.3 Å². The number of hydrogen-bond acceptors (Lipinski definition) is 4. The second-order valence-electron chi connectivity index (χ2n) is 5.05. The second-order valence-corrected chi connectivity index (χ2v) is 5.46. The Kier molecular flexibility index (Phi) is 4.91. The van der Waals surface area contributed by atoms with Crippen molar-refractivity contribution in [3.05, 3.63) is 59.6 Å². The van der Waals surface area contributed by atoms with Crippen molar-refractivity contribution in [2.24, 2.45) is 0 Å². The summed E-state index contributed by atoms with van der Waals surface area (Å²) in [6.45, 7) is 4.95. The Morgan fingerprint density at radius 2 is 1.88 bits per heavy atom. The normalized spacial score (nSPS) is 12.4. The second kappa shape index (κ2) is 7.27. The van der Waals surface area contributed by atoms with E-state index in [1.165, 1.54) is 0 Å². The molecular weight excluding hydrogens is 330 g/mol. The van der Waals surface area contributed by atoms with Gasteiger partial charge in [-0.2, -0.15) is 0 Å². The molecule has 0 saturated carbocycles. The molecule has 0 bridgehead atoms. The van der Waals surface area contributed by atoms with E-state index in [1.807, 2.05) is 0 Å². The summed E-state index contributed by atoms with van der Waals surface area (Å²) in [5, 5.41) is 3.16. The van der Waals surface area contributed by atoms with Crippen LogP contribution in [0, 0.1) is 0 Å². The Balaban J connectivity index is 1.73. The van der Waals surface area contributed by atoms with Crippen molar-refractivity contribution < 1.29 is 19.0 Å². The molecule has 124 valence electrons. The number of carbonyl (C=O) groups excluding carboxylic acids is 1. The van der Waals surface area contributed by atoms with Gasteiger partial charge in [0.25, 0.3) is 5.91 Å². The number of nitrogens with one attached hydrogen (secondary N) is 1. The number of amides is 1. The van der Waals surface area contributed by atoms with Gasteiger partial charge in [0.1, 0.15) is 25.6 Å². The topological polar surface area (TPSA) is 56.8 Å². The lowest BCUT2D eigenvalue weighted by Gasteiger charge is -2.20. The van der Waals surface area contributed by atoms with Crippen LogP contribution in [0.5, 0.6) is 17.2 Å². The summed E-state index contributed by atoms with van der Waals surface area (Å²) in [5.74, 6) is 1.54. The van der Waals surface area contributed by atoms with Crippen LogP contribution in [0.4, 0.5) is 5.69 Å². The average Bonchev–Trinajstić information content (AvgIpc) is 2.61. The van der Waals surface area contributed by atoms with Crippen molar-refractivity contribution in [1.29, 1.82) is 0 Å². The van der Waals surface area contributed by atoms with Gasteiger partial charge in [0.2, 0.25) is 0 Å². The highest BCUT2D eigenvalue weighted by Gasteiger charge is 2.17. The number of rotatable bonds is 5. The fourth-order valence-electron chi connectivity index (χ4n) is 2.21. The summed E-state index contributed by atoms with van der Waals surface area (Å²) in [6, 6.07) is 10.1. The summed E-state index contributed by atoms with van der Waals surface area (Å²) < 4.78 is 16.3. The van der Waals surface area contributed by atoms with Crippen LogP contribution in [0.3, 0.4) is 0 Å². The van der Waals surface area contributed by atoms with Crippen molar-refractivity contribution in [3.8, 4) is 17.2 Å². The SMILES string of the molecule is C=CCOc1ccc(C(=O)Nc2cc3c(cc2Cl)OCCO3)cc1. The molecular formula is C18H16ClNO4. The van der Waals surface area contributed by atoms with E-state index in [4.69, 9.17) is 25.8 Å². The van der Waals surface area contributed by atoms with Crippen LogP contribution in [0.15, 0.2) is 49.1 Å². The van der Waals surface area contributed by atoms with Crippen LogP contribution in [0.1, 0.15) is 10.4 Å². The summed E-state index contributed by atoms with van der Waals surface area (Å²) in [6.07, 6.45) is 1.66. The Morgan fingerprint density at radius 1 is 1.21 bits per heavy atom. The summed E-state index contributed by atoms with van der Waals surface area (Å²) in [4.78, 5) is 12.4. The molecule has 0 unspecified atom stereocenters. The first-order valence-electron chi connectivity index (χ1n) is 7.41. The van der Waals surface area contributed by atoms with Crippen LogP contribution in [-0.2, 0) is 0 Å². The first kappa shape index (κ1) is 16.2. The molecule has 0 aliphatic carbocycles. The maximum Gasteiger partial charge on any atom is 0.255 e. The maximum atomic E-state index is 12.4. The van der Waals surface area contributed by atoms with Crippen molar-refractivity contribution >= 4 is 23.2 Å². The third kappa shape index (κ3) is 3.63. The molecule has 6 heteroatoms. The number of fused-ring (bicyclic) bond motifs is 1. The molecule has 1 N–H and O–H groups in total. The highest BCUT2D eigenvalue weighted by atomic mass is 35.5. The Hall–Kier alpha value is -2.66. The molecule has 1 aliphatic rings. The number of anilines is 1. The van der Waals surface area contributed by atoms with Crippen molar-refractivity contribution in [2.45, 2.75) is 0 Å². The first-order valence-corrected chi connectivity index (χ1v) is 7.79. The fourth-order valence-corrected chi connectivity index (χ4v) is 2.41. The zero-order valence-corrected chi connectivity index (χ0v) is 13.6. The van der Waals surface area contributed by atoms with Gasteiger partial charge in [-0.3, -0.25) is 4.79 Å². The lowest BCUT2D eigenvalue weighted by Crippen LogP contribution is -2.17. The molecule has 2 aromatic rings. The summed E-state index contributed by atoms with van der Waals surface area (Å²) in [5.41, 5.74) is 0.963. The zero-order chi connectivity index (χ0) is 16.9. The third-order valence-electron chi connectivity index (χ3n) is 3.36. The van der Waals surface area contributed by atoms with Crippen LogP contribution >= 0.6 is 11.6 Å². The van der Waals surface area contributed by atoms with E-state index in [9.17, 15) is 4.79 Å². The lowest BCUT2D eigenvalue weighted by molar-refractivity contribution is 0.102. The third-order valence-corrected chi connectivity index (χ3v) is 3.68. The van der Waals surface area contributed by atoms with Crippen LogP contribution in [0.25, 0.3) is 0 Å². The van der Waals surface area contributed by atoms with E-state index in [0.29, 0.717) is 53.3 Å². The predicted octanol–water partition coefficient (Wildman–Crippen LogP) is 3.93. The summed E-state index contributed by atoms with van der Waals surface area (Å²) in [7, 11) is 0. The van der Waals surface area contributed by atoms with Gasteiger partial charge in [0, 0.05) is 17.7 Å². The lowest BCUT2D eigenvalue weighted by atomic mass is 10.2. The molecule has 0 radical (unpaired) electrons. The van der Waals surface area contributed by atoms with Gasteiger partial charge >= 0.3 is 0 Å². The molecule has 1 heterocycles. The van der Waals surface area contributed by atoms with Gasteiger partial charge in [0.05, 0.1) is 10.7 Å². The zero-order valence-electron chi connectivity index (χ0n) is 12.9. The molecule has 0 spiro atoms. The number of halogens is 1. The van der Waals surface area contributed by atoms with Gasteiger partial charge in [-0.15, -0.1) is 0 Å². The predicted molar refractivity (Wildman–Crippen MR) is 92.5 cm³/mol. The van der Waals surface area contributed by atoms with E-state index >= 15 is 0 Å². The van der Waals surface area contributed by atoms with E-state index in [-0.39, 0.29) is 5.91 Å². The molecule has 5 nitrogen and oxygen atoms in total. The molecule has 0 atom stereocenters. The minimum atomic E-state index is -0.274. The Labute approximate surface area is 144 Å². The number of hydrogen-bond donors (Lipinski definition) is 1. The fraction of sp³-hybridized carbons (Fsp3) is 0.167. The smallest absolute Gasteiger partial charge is 0.255 e. The first-order chi connectivity index (χ1) is 11.7. The van der Waals surface area contributed by atoms with E-state index in [0.717, 1.165) is 0 Å². The largest absolute Gasteiger partial charge is 0.490 e. The van der Waals surface area contributed by atoms with E-state index in [2.05, 4.69) is 11.9 Å². The van der Waals surface area contributed by atoms with E-state index < -0.39 is 0 Å². The van der Waals surface area contributed by atoms with Gasteiger partial charge in [-0.05, 0) is 24.3 Å². The Morgan fingerprint density at radius 3 is 2.54 bits per heavy atom. The van der Waals surface area contributed by atoms with Gasteiger partial charge < -0.3 is 19.5 Å². The average molecular weight is 346 g/mol. The molecule has 1 aliphatic heterocycles. The van der Waals surface area contributed by atoms with Crippen LogP contribution in [-0.4, -0.2) is 25.7 Å². The summed E-state index contributed by atoms with van der Waals surface area (Å²) >= 11 is 6.20. The number of benzene rings is 2. The molecule has 2 aromatic carbocycles. The van der Waals surface area contributed by atoms with Crippen molar-refractivity contribution in [3.63, 3.8) is 0 Å². The maximum absolute atomic E-state index is 12.4. The van der Waals surface area contributed by atoms with Gasteiger partial charge in [0.15, 0.2) is 11.5 Å². The Bertz CT molecular complexity index is 758. The minimum absolute atomic E-state index is 0.274. The molecule has 1 amide bonds. The molecule has 24 heavy (non-hydrogen) atoms. The number of ether oxygens (including phenoxy) is 3. The van der Waals surface area contributed by atoms with Crippen molar-refractivity contribution in [2.75, 3.05) is 25.1 Å². The molecule has 0 saturated heterocycles.